The van der Waals surface area contributed by atoms with Crippen molar-refractivity contribution in [3.63, 3.8) is 0 Å². The van der Waals surface area contributed by atoms with Crippen LogP contribution in [0.15, 0.2) is 29.1 Å². The summed E-state index contributed by atoms with van der Waals surface area (Å²) in [4.78, 5) is 32.1. The smallest absolute Gasteiger partial charge is 0.261 e. The third kappa shape index (κ3) is 4.51. The Morgan fingerprint density at radius 2 is 1.85 bits per heavy atom. The Kier molecular flexibility index (Phi) is 7.37. The van der Waals surface area contributed by atoms with Gasteiger partial charge in [0, 0.05) is 20.0 Å². The lowest BCUT2D eigenvalue weighted by Gasteiger charge is -2.30. The molecule has 142 valence electrons. The molecule has 1 aromatic heterocycles. The van der Waals surface area contributed by atoms with Crippen LogP contribution in [-0.2, 0) is 11.8 Å². The average Bonchev–Trinajstić information content (AvgIpc) is 2.65. The summed E-state index contributed by atoms with van der Waals surface area (Å²) < 4.78 is 1.59. The van der Waals surface area contributed by atoms with Crippen molar-refractivity contribution in [3.05, 3.63) is 40.4 Å². The van der Waals surface area contributed by atoms with Gasteiger partial charge in [0.25, 0.3) is 5.56 Å². The van der Waals surface area contributed by atoms with Crippen LogP contribution in [0.2, 0.25) is 0 Å². The van der Waals surface area contributed by atoms with Crippen molar-refractivity contribution in [3.8, 4) is 0 Å². The van der Waals surface area contributed by atoms with Gasteiger partial charge in [-0.2, -0.15) is 0 Å². The second-order valence-electron chi connectivity index (χ2n) is 6.93. The van der Waals surface area contributed by atoms with Gasteiger partial charge in [-0.3, -0.25) is 14.2 Å². The van der Waals surface area contributed by atoms with Gasteiger partial charge < -0.3 is 4.90 Å². The quantitative estimate of drug-likeness (QED) is 0.632. The highest BCUT2D eigenvalue weighted by Gasteiger charge is 2.24. The number of fused-ring (bicyclic) bond motifs is 1. The molecule has 5 nitrogen and oxygen atoms in total. The molecule has 0 spiro atoms. The SMILES string of the molecule is CCCCCC(=O)N(CCCC)C(C)c1nc2ccccc2c(=O)n1C. The van der Waals surface area contributed by atoms with Gasteiger partial charge in [-0.1, -0.05) is 45.2 Å². The number of carbonyl (C=O) groups excluding carboxylic acids is 1. The summed E-state index contributed by atoms with van der Waals surface area (Å²) in [7, 11) is 1.74. The van der Waals surface area contributed by atoms with Crippen LogP contribution in [0.5, 0.6) is 0 Å². The molecule has 1 aromatic carbocycles. The minimum absolute atomic E-state index is 0.0636. The van der Waals surface area contributed by atoms with E-state index >= 15 is 0 Å². The molecule has 0 fully saturated rings. The molecule has 0 bridgehead atoms. The van der Waals surface area contributed by atoms with Crippen molar-refractivity contribution in [1.82, 2.24) is 14.5 Å². The van der Waals surface area contributed by atoms with Crippen molar-refractivity contribution < 1.29 is 4.79 Å². The number of hydrogen-bond acceptors (Lipinski definition) is 3. The molecule has 0 N–H and O–H groups in total. The molecule has 0 aliphatic heterocycles. The van der Waals surface area contributed by atoms with Crippen molar-refractivity contribution in [1.29, 1.82) is 0 Å². The number of para-hydroxylation sites is 1. The van der Waals surface area contributed by atoms with Crippen LogP contribution in [0.4, 0.5) is 0 Å². The average molecular weight is 357 g/mol. The number of carbonyl (C=O) groups is 1. The maximum absolute atomic E-state index is 12.8. The van der Waals surface area contributed by atoms with E-state index in [1.54, 1.807) is 17.7 Å². The fraction of sp³-hybridized carbons (Fsp3) is 0.571. The van der Waals surface area contributed by atoms with E-state index < -0.39 is 0 Å². The third-order valence-electron chi connectivity index (χ3n) is 4.93. The Balaban J connectivity index is 2.36. The molecule has 0 aliphatic carbocycles. The summed E-state index contributed by atoms with van der Waals surface area (Å²) in [6, 6.07) is 7.15. The molecule has 0 aliphatic rings. The largest absolute Gasteiger partial charge is 0.333 e. The van der Waals surface area contributed by atoms with E-state index in [1.807, 2.05) is 30.0 Å². The van der Waals surface area contributed by atoms with E-state index in [4.69, 9.17) is 4.98 Å². The van der Waals surface area contributed by atoms with Crippen LogP contribution >= 0.6 is 0 Å². The summed E-state index contributed by atoms with van der Waals surface area (Å²) in [5, 5.41) is 0.611. The summed E-state index contributed by atoms with van der Waals surface area (Å²) >= 11 is 0. The van der Waals surface area contributed by atoms with Crippen molar-refractivity contribution in [2.45, 2.75) is 65.3 Å². The van der Waals surface area contributed by atoms with Gasteiger partial charge >= 0.3 is 0 Å². The number of hydrogen-bond donors (Lipinski definition) is 0. The zero-order valence-corrected chi connectivity index (χ0v) is 16.5. The lowest BCUT2D eigenvalue weighted by Crippen LogP contribution is -2.37. The van der Waals surface area contributed by atoms with Gasteiger partial charge in [0.05, 0.1) is 16.9 Å². The maximum atomic E-state index is 12.8. The molecule has 0 radical (unpaired) electrons. The molecule has 5 heteroatoms. The van der Waals surface area contributed by atoms with Crippen LogP contribution in [0, 0.1) is 0 Å². The van der Waals surface area contributed by atoms with Crippen molar-refractivity contribution in [2.75, 3.05) is 6.54 Å². The number of benzene rings is 1. The zero-order chi connectivity index (χ0) is 19.1. The fourth-order valence-electron chi connectivity index (χ4n) is 3.28. The summed E-state index contributed by atoms with van der Waals surface area (Å²) in [6.45, 7) is 6.93. The fourth-order valence-corrected chi connectivity index (χ4v) is 3.28. The van der Waals surface area contributed by atoms with Crippen LogP contribution < -0.4 is 5.56 Å². The number of amides is 1. The standard InChI is InChI=1S/C21H31N3O2/c1-5-7-9-14-19(25)24(15-8-6-2)16(3)20-22-18-13-11-10-12-17(18)21(26)23(20)4/h10-13,16H,5-9,14-15H2,1-4H3. The number of unbranched alkanes of at least 4 members (excludes halogenated alkanes) is 3. The zero-order valence-electron chi connectivity index (χ0n) is 16.5. The van der Waals surface area contributed by atoms with Gasteiger partial charge in [0.2, 0.25) is 5.91 Å². The molecule has 1 heterocycles. The highest BCUT2D eigenvalue weighted by molar-refractivity contribution is 5.78. The first-order valence-electron chi connectivity index (χ1n) is 9.76. The van der Waals surface area contributed by atoms with E-state index in [9.17, 15) is 9.59 Å². The van der Waals surface area contributed by atoms with E-state index in [0.29, 0.717) is 29.7 Å². The predicted octanol–water partition coefficient (Wildman–Crippen LogP) is 4.20. The van der Waals surface area contributed by atoms with E-state index in [-0.39, 0.29) is 17.5 Å². The minimum atomic E-state index is -0.224. The second kappa shape index (κ2) is 9.51. The van der Waals surface area contributed by atoms with Gasteiger partial charge in [-0.15, -0.1) is 0 Å². The Hall–Kier alpha value is -2.17. The molecule has 2 aromatic rings. The third-order valence-corrected chi connectivity index (χ3v) is 4.93. The predicted molar refractivity (Wildman–Crippen MR) is 106 cm³/mol. The molecule has 0 saturated carbocycles. The molecule has 1 amide bonds. The highest BCUT2D eigenvalue weighted by Crippen LogP contribution is 2.21. The molecule has 2 rings (SSSR count). The summed E-state index contributed by atoms with van der Waals surface area (Å²) in [5.41, 5.74) is 0.623. The number of rotatable bonds is 9. The monoisotopic (exact) mass is 357 g/mol. The normalized spacial score (nSPS) is 12.3. The Labute approximate surface area is 156 Å². The second-order valence-corrected chi connectivity index (χ2v) is 6.93. The maximum Gasteiger partial charge on any atom is 0.261 e. The lowest BCUT2D eigenvalue weighted by atomic mass is 10.1. The first-order chi connectivity index (χ1) is 12.5. The lowest BCUT2D eigenvalue weighted by molar-refractivity contribution is -0.133. The topological polar surface area (TPSA) is 55.2 Å². The van der Waals surface area contributed by atoms with Gasteiger partial charge in [0.15, 0.2) is 0 Å². The Bertz CT molecular complexity index is 797. The first kappa shape index (κ1) is 20.1. The molecule has 1 unspecified atom stereocenters. The minimum Gasteiger partial charge on any atom is -0.333 e. The van der Waals surface area contributed by atoms with E-state index in [1.165, 1.54) is 0 Å². The first-order valence-corrected chi connectivity index (χ1v) is 9.76. The van der Waals surface area contributed by atoms with Crippen LogP contribution in [0.25, 0.3) is 10.9 Å². The number of nitrogens with zero attached hydrogens (tertiary/aromatic N) is 3. The van der Waals surface area contributed by atoms with E-state index in [0.717, 1.165) is 32.1 Å². The van der Waals surface area contributed by atoms with Crippen LogP contribution in [-0.4, -0.2) is 26.9 Å². The Morgan fingerprint density at radius 3 is 2.54 bits per heavy atom. The Morgan fingerprint density at radius 1 is 1.15 bits per heavy atom. The summed E-state index contributed by atoms with van der Waals surface area (Å²) in [6.07, 6.45) is 5.60. The van der Waals surface area contributed by atoms with Gasteiger partial charge in [-0.25, -0.2) is 4.98 Å². The van der Waals surface area contributed by atoms with Crippen LogP contribution in [0.1, 0.15) is 71.2 Å². The molecular formula is C21H31N3O2. The van der Waals surface area contributed by atoms with Crippen LogP contribution in [0.3, 0.4) is 0 Å². The molecular weight excluding hydrogens is 326 g/mol. The summed E-state index contributed by atoms with van der Waals surface area (Å²) in [5.74, 6) is 0.801. The molecule has 1 atom stereocenters. The van der Waals surface area contributed by atoms with Gasteiger partial charge in [-0.05, 0) is 31.9 Å². The number of aromatic nitrogens is 2. The molecule has 26 heavy (non-hydrogen) atoms. The van der Waals surface area contributed by atoms with Crippen molar-refractivity contribution in [2.24, 2.45) is 7.05 Å². The molecule has 0 saturated heterocycles. The van der Waals surface area contributed by atoms with Crippen molar-refractivity contribution >= 4 is 16.8 Å². The van der Waals surface area contributed by atoms with Gasteiger partial charge in [0.1, 0.15) is 5.82 Å². The van der Waals surface area contributed by atoms with E-state index in [2.05, 4.69) is 13.8 Å². The highest BCUT2D eigenvalue weighted by atomic mass is 16.2.